The fourth-order valence-corrected chi connectivity index (χ4v) is 2.08. The lowest BCUT2D eigenvalue weighted by molar-refractivity contribution is -0.166. The van der Waals surface area contributed by atoms with E-state index >= 15 is 0 Å². The second-order valence-electron chi connectivity index (χ2n) is 3.93. The van der Waals surface area contributed by atoms with Crippen molar-refractivity contribution in [3.05, 3.63) is 0 Å². The molecule has 1 heterocycles. The van der Waals surface area contributed by atoms with Gasteiger partial charge in [0.2, 0.25) is 0 Å². The fraction of sp³-hybridized carbons (Fsp3) is 0.909. The highest BCUT2D eigenvalue weighted by molar-refractivity contribution is 5.73. The molecule has 0 radical (unpaired) electrons. The molecule has 0 aromatic carbocycles. The van der Waals surface area contributed by atoms with Crippen LogP contribution in [0, 0.1) is 5.92 Å². The number of rotatable bonds is 4. The minimum atomic E-state index is -0.931. The SMILES string of the molecule is CCOC(=O)C(CC)C1(O)CCOCC1. The predicted molar refractivity (Wildman–Crippen MR) is 55.4 cm³/mol. The third kappa shape index (κ3) is 2.92. The molecule has 1 N–H and O–H groups in total. The van der Waals surface area contributed by atoms with Gasteiger partial charge in [-0.15, -0.1) is 0 Å². The second kappa shape index (κ2) is 5.47. The van der Waals surface area contributed by atoms with Crippen LogP contribution in [0.5, 0.6) is 0 Å². The molecule has 0 amide bonds. The zero-order valence-electron chi connectivity index (χ0n) is 9.49. The van der Waals surface area contributed by atoms with Crippen LogP contribution in [0.15, 0.2) is 0 Å². The van der Waals surface area contributed by atoms with Gasteiger partial charge in [0.05, 0.1) is 18.1 Å². The molecule has 88 valence electrons. The van der Waals surface area contributed by atoms with Crippen LogP contribution in [0.1, 0.15) is 33.1 Å². The number of ether oxygens (including phenoxy) is 2. The van der Waals surface area contributed by atoms with Crippen molar-refractivity contribution in [2.24, 2.45) is 5.92 Å². The molecule has 1 fully saturated rings. The molecule has 0 spiro atoms. The molecule has 1 rings (SSSR count). The molecule has 4 heteroatoms. The third-order valence-electron chi connectivity index (χ3n) is 2.99. The molecule has 0 aromatic heterocycles. The molecule has 1 saturated heterocycles. The molecule has 0 aromatic rings. The maximum absolute atomic E-state index is 11.7. The second-order valence-corrected chi connectivity index (χ2v) is 3.93. The lowest BCUT2D eigenvalue weighted by atomic mass is 9.79. The van der Waals surface area contributed by atoms with Crippen molar-refractivity contribution in [2.75, 3.05) is 19.8 Å². The Kier molecular flexibility index (Phi) is 4.54. The van der Waals surface area contributed by atoms with Gasteiger partial charge >= 0.3 is 5.97 Å². The van der Waals surface area contributed by atoms with E-state index in [0.717, 1.165) is 0 Å². The van der Waals surface area contributed by atoms with E-state index in [1.807, 2.05) is 6.92 Å². The minimum absolute atomic E-state index is 0.288. The van der Waals surface area contributed by atoms with E-state index in [2.05, 4.69) is 0 Å². The lowest BCUT2D eigenvalue weighted by Crippen LogP contribution is -2.47. The summed E-state index contributed by atoms with van der Waals surface area (Å²) in [6.07, 6.45) is 1.64. The minimum Gasteiger partial charge on any atom is -0.466 e. The van der Waals surface area contributed by atoms with E-state index in [-0.39, 0.29) is 5.97 Å². The fourth-order valence-electron chi connectivity index (χ4n) is 2.08. The summed E-state index contributed by atoms with van der Waals surface area (Å²) in [4.78, 5) is 11.7. The van der Waals surface area contributed by atoms with Gasteiger partial charge in [0, 0.05) is 26.1 Å². The molecular weight excluding hydrogens is 196 g/mol. The van der Waals surface area contributed by atoms with Crippen LogP contribution in [-0.2, 0) is 14.3 Å². The Bertz CT molecular complexity index is 209. The van der Waals surface area contributed by atoms with Crippen molar-refractivity contribution < 1.29 is 19.4 Å². The molecule has 1 aliphatic heterocycles. The summed E-state index contributed by atoms with van der Waals surface area (Å²) < 4.78 is 10.2. The summed E-state index contributed by atoms with van der Waals surface area (Å²) in [5.41, 5.74) is -0.931. The van der Waals surface area contributed by atoms with Gasteiger partial charge in [-0.1, -0.05) is 6.92 Å². The number of hydrogen-bond donors (Lipinski definition) is 1. The number of hydrogen-bond acceptors (Lipinski definition) is 4. The Morgan fingerprint density at radius 3 is 2.53 bits per heavy atom. The standard InChI is InChI=1S/C11H20O4/c1-3-9(10(12)15-4-2)11(13)5-7-14-8-6-11/h9,13H,3-8H2,1-2H3. The molecule has 15 heavy (non-hydrogen) atoms. The Balaban J connectivity index is 2.66. The predicted octanol–water partition coefficient (Wildman–Crippen LogP) is 1.12. The van der Waals surface area contributed by atoms with Gasteiger partial charge < -0.3 is 14.6 Å². The molecule has 1 unspecified atom stereocenters. The van der Waals surface area contributed by atoms with Crippen LogP contribution < -0.4 is 0 Å². The largest absolute Gasteiger partial charge is 0.466 e. The molecule has 4 nitrogen and oxygen atoms in total. The number of carbonyl (C=O) groups is 1. The van der Waals surface area contributed by atoms with Crippen LogP contribution in [0.2, 0.25) is 0 Å². The zero-order chi connectivity index (χ0) is 11.3. The van der Waals surface area contributed by atoms with Gasteiger partial charge in [-0.05, 0) is 13.3 Å². The van der Waals surface area contributed by atoms with Crippen LogP contribution in [0.25, 0.3) is 0 Å². The summed E-state index contributed by atoms with van der Waals surface area (Å²) in [5, 5.41) is 10.3. The van der Waals surface area contributed by atoms with E-state index in [4.69, 9.17) is 9.47 Å². The van der Waals surface area contributed by atoms with Crippen LogP contribution >= 0.6 is 0 Å². The topological polar surface area (TPSA) is 55.8 Å². The first-order chi connectivity index (χ1) is 7.14. The Morgan fingerprint density at radius 1 is 1.47 bits per heavy atom. The Morgan fingerprint density at radius 2 is 2.07 bits per heavy atom. The van der Waals surface area contributed by atoms with Gasteiger partial charge in [0.1, 0.15) is 0 Å². The lowest BCUT2D eigenvalue weighted by Gasteiger charge is -2.37. The maximum atomic E-state index is 11.7. The Hall–Kier alpha value is -0.610. The highest BCUT2D eigenvalue weighted by Crippen LogP contribution is 2.31. The zero-order valence-corrected chi connectivity index (χ0v) is 9.49. The summed E-state index contributed by atoms with van der Waals surface area (Å²) >= 11 is 0. The summed E-state index contributed by atoms with van der Waals surface area (Å²) in [6.45, 7) is 5.08. The molecule has 1 aliphatic rings. The van der Waals surface area contributed by atoms with Crippen molar-refractivity contribution in [2.45, 2.75) is 38.7 Å². The van der Waals surface area contributed by atoms with E-state index in [1.165, 1.54) is 0 Å². The first-order valence-corrected chi connectivity index (χ1v) is 5.60. The first kappa shape index (κ1) is 12.5. The highest BCUT2D eigenvalue weighted by atomic mass is 16.5. The normalized spacial score (nSPS) is 22.1. The first-order valence-electron chi connectivity index (χ1n) is 5.60. The van der Waals surface area contributed by atoms with Crippen molar-refractivity contribution in [1.82, 2.24) is 0 Å². The average molecular weight is 216 g/mol. The van der Waals surface area contributed by atoms with Gasteiger partial charge in [-0.3, -0.25) is 4.79 Å². The smallest absolute Gasteiger partial charge is 0.311 e. The van der Waals surface area contributed by atoms with Crippen LogP contribution in [0.4, 0.5) is 0 Å². The summed E-state index contributed by atoms with van der Waals surface area (Å²) in [6, 6.07) is 0. The van der Waals surface area contributed by atoms with Crippen molar-refractivity contribution >= 4 is 5.97 Å². The number of esters is 1. The van der Waals surface area contributed by atoms with E-state index in [9.17, 15) is 9.90 Å². The van der Waals surface area contributed by atoms with Crippen LogP contribution in [0.3, 0.4) is 0 Å². The molecule has 0 saturated carbocycles. The molecule has 0 aliphatic carbocycles. The van der Waals surface area contributed by atoms with E-state index in [0.29, 0.717) is 39.1 Å². The average Bonchev–Trinajstić information content (AvgIpc) is 2.19. The van der Waals surface area contributed by atoms with Crippen molar-refractivity contribution in [1.29, 1.82) is 0 Å². The van der Waals surface area contributed by atoms with Crippen LogP contribution in [-0.4, -0.2) is 36.5 Å². The number of carbonyl (C=O) groups excluding carboxylic acids is 1. The van der Waals surface area contributed by atoms with E-state index in [1.54, 1.807) is 6.92 Å². The Labute approximate surface area is 90.6 Å². The van der Waals surface area contributed by atoms with Gasteiger partial charge in [0.25, 0.3) is 0 Å². The van der Waals surface area contributed by atoms with Gasteiger partial charge in [0.15, 0.2) is 0 Å². The monoisotopic (exact) mass is 216 g/mol. The number of aliphatic hydroxyl groups is 1. The summed E-state index contributed by atoms with van der Waals surface area (Å²) in [7, 11) is 0. The van der Waals surface area contributed by atoms with Crippen molar-refractivity contribution in [3.63, 3.8) is 0 Å². The quantitative estimate of drug-likeness (QED) is 0.715. The van der Waals surface area contributed by atoms with Gasteiger partial charge in [-0.25, -0.2) is 0 Å². The highest BCUT2D eigenvalue weighted by Gasteiger charge is 2.42. The van der Waals surface area contributed by atoms with Gasteiger partial charge in [-0.2, -0.15) is 0 Å². The maximum Gasteiger partial charge on any atom is 0.311 e. The molecule has 1 atom stereocenters. The third-order valence-corrected chi connectivity index (χ3v) is 2.99. The molecule has 0 bridgehead atoms. The molecular formula is C11H20O4. The summed E-state index contributed by atoms with van der Waals surface area (Å²) in [5.74, 6) is -0.703. The van der Waals surface area contributed by atoms with Crippen molar-refractivity contribution in [3.8, 4) is 0 Å². The van der Waals surface area contributed by atoms with E-state index < -0.39 is 11.5 Å².